The fourth-order valence-corrected chi connectivity index (χ4v) is 6.26. The van der Waals surface area contributed by atoms with Crippen molar-refractivity contribution in [3.05, 3.63) is 47.0 Å². The van der Waals surface area contributed by atoms with Crippen LogP contribution in [-0.2, 0) is 18.9 Å². The zero-order valence-electron chi connectivity index (χ0n) is 18.0. The van der Waals surface area contributed by atoms with Crippen molar-refractivity contribution in [1.29, 1.82) is 0 Å². The third-order valence-corrected chi connectivity index (χ3v) is 8.05. The fourth-order valence-electron chi connectivity index (χ4n) is 6.26. The van der Waals surface area contributed by atoms with E-state index >= 15 is 0 Å². The third kappa shape index (κ3) is 2.78. The standard InChI is InChI=1S/C24H32O6/c1-15-14-27-21(17-7-5-4-6-8-17)30-20-19(15)18(25)13-22(3)9-10-23(28-11-12-29-23)16(2)24(20,22)26/h4-8,16,18,20-21,25-26H,9-14H2,1-3H3/t16-,18-,20+,21?,22-,24+/m1/s1. The van der Waals surface area contributed by atoms with Crippen LogP contribution in [0.15, 0.2) is 41.5 Å². The molecule has 0 bridgehead atoms. The lowest BCUT2D eigenvalue weighted by molar-refractivity contribution is -0.335. The minimum Gasteiger partial charge on any atom is -0.389 e. The van der Waals surface area contributed by atoms with Gasteiger partial charge in [0.05, 0.1) is 25.9 Å². The van der Waals surface area contributed by atoms with Gasteiger partial charge >= 0.3 is 0 Å². The first-order chi connectivity index (χ1) is 14.3. The van der Waals surface area contributed by atoms with Gasteiger partial charge in [-0.1, -0.05) is 44.2 Å². The number of aliphatic hydroxyl groups is 2. The quantitative estimate of drug-likeness (QED) is 0.685. The van der Waals surface area contributed by atoms with Crippen molar-refractivity contribution >= 4 is 0 Å². The summed E-state index contributed by atoms with van der Waals surface area (Å²) in [7, 11) is 0. The van der Waals surface area contributed by atoms with Gasteiger partial charge in [0.25, 0.3) is 0 Å². The van der Waals surface area contributed by atoms with Crippen LogP contribution in [0.4, 0.5) is 0 Å². The summed E-state index contributed by atoms with van der Waals surface area (Å²) in [6.45, 7) is 7.43. The highest BCUT2D eigenvalue weighted by Gasteiger charge is 2.70. The monoisotopic (exact) mass is 416 g/mol. The topological polar surface area (TPSA) is 77.4 Å². The molecule has 1 spiro atoms. The summed E-state index contributed by atoms with van der Waals surface area (Å²) in [6.07, 6.45) is -0.148. The van der Waals surface area contributed by atoms with E-state index in [1.807, 2.05) is 44.2 Å². The van der Waals surface area contributed by atoms with Crippen LogP contribution in [0.5, 0.6) is 0 Å². The van der Waals surface area contributed by atoms with Crippen LogP contribution in [0.3, 0.4) is 0 Å². The van der Waals surface area contributed by atoms with Gasteiger partial charge in [-0.2, -0.15) is 0 Å². The maximum atomic E-state index is 12.5. The van der Waals surface area contributed by atoms with Crippen molar-refractivity contribution in [3.63, 3.8) is 0 Å². The van der Waals surface area contributed by atoms with Gasteiger partial charge in [0, 0.05) is 23.3 Å². The molecule has 1 aromatic carbocycles. The Balaban J connectivity index is 1.61. The van der Waals surface area contributed by atoms with Gasteiger partial charge in [0.1, 0.15) is 11.7 Å². The number of rotatable bonds is 1. The van der Waals surface area contributed by atoms with Crippen molar-refractivity contribution < 1.29 is 29.2 Å². The van der Waals surface area contributed by atoms with E-state index in [1.54, 1.807) is 0 Å². The lowest BCUT2D eigenvalue weighted by Gasteiger charge is -2.63. The Kier molecular flexibility index (Phi) is 4.89. The Morgan fingerprint density at radius 2 is 1.77 bits per heavy atom. The van der Waals surface area contributed by atoms with Crippen molar-refractivity contribution in [2.75, 3.05) is 19.8 Å². The van der Waals surface area contributed by atoms with Gasteiger partial charge in [0.2, 0.25) is 0 Å². The van der Waals surface area contributed by atoms with E-state index in [1.165, 1.54) is 0 Å². The average molecular weight is 417 g/mol. The molecule has 6 nitrogen and oxygen atoms in total. The molecule has 6 atom stereocenters. The van der Waals surface area contributed by atoms with E-state index in [-0.39, 0.29) is 5.92 Å². The Morgan fingerprint density at radius 1 is 1.07 bits per heavy atom. The second-order valence-corrected chi connectivity index (χ2v) is 9.64. The number of ether oxygens (including phenoxy) is 4. The molecule has 0 radical (unpaired) electrons. The van der Waals surface area contributed by atoms with Gasteiger partial charge in [0.15, 0.2) is 12.1 Å². The second kappa shape index (κ2) is 7.12. The zero-order valence-corrected chi connectivity index (χ0v) is 18.0. The molecule has 164 valence electrons. The van der Waals surface area contributed by atoms with Crippen LogP contribution in [0.25, 0.3) is 0 Å². The molecular weight excluding hydrogens is 384 g/mol. The highest BCUT2D eigenvalue weighted by atomic mass is 16.7. The number of fused-ring (bicyclic) bond motifs is 3. The van der Waals surface area contributed by atoms with Crippen LogP contribution in [0, 0.1) is 11.3 Å². The SMILES string of the molecule is CC1=C2[C@H](O)C[C@@]3(C)CCC4(OCCO4)[C@@H](C)[C@]3(O)[C@H]2OC(c2ccccc2)OC1. The Labute approximate surface area is 177 Å². The molecule has 5 rings (SSSR count). The van der Waals surface area contributed by atoms with Gasteiger partial charge in [-0.25, -0.2) is 0 Å². The van der Waals surface area contributed by atoms with E-state index in [0.717, 1.165) is 16.7 Å². The number of benzene rings is 1. The molecule has 2 saturated carbocycles. The summed E-state index contributed by atoms with van der Waals surface area (Å²) >= 11 is 0. The van der Waals surface area contributed by atoms with Crippen LogP contribution in [0.2, 0.25) is 0 Å². The van der Waals surface area contributed by atoms with Crippen LogP contribution in [-0.4, -0.2) is 53.6 Å². The summed E-state index contributed by atoms with van der Waals surface area (Å²) in [5.41, 5.74) is 0.749. The molecule has 3 fully saturated rings. The second-order valence-electron chi connectivity index (χ2n) is 9.64. The van der Waals surface area contributed by atoms with Gasteiger partial charge in [-0.3, -0.25) is 0 Å². The first kappa shape index (κ1) is 20.6. The third-order valence-electron chi connectivity index (χ3n) is 8.05. The summed E-state index contributed by atoms with van der Waals surface area (Å²) in [5.74, 6) is -1.14. The largest absolute Gasteiger partial charge is 0.389 e. The van der Waals surface area contributed by atoms with E-state index < -0.39 is 35.3 Å². The van der Waals surface area contributed by atoms with Crippen molar-refractivity contribution in [1.82, 2.24) is 0 Å². The highest BCUT2D eigenvalue weighted by molar-refractivity contribution is 5.34. The summed E-state index contributed by atoms with van der Waals surface area (Å²) < 4.78 is 24.8. The molecule has 1 aromatic rings. The summed E-state index contributed by atoms with van der Waals surface area (Å²) in [6, 6.07) is 9.76. The number of aliphatic hydroxyl groups excluding tert-OH is 1. The van der Waals surface area contributed by atoms with Crippen molar-refractivity contribution in [3.8, 4) is 0 Å². The van der Waals surface area contributed by atoms with Crippen LogP contribution in [0.1, 0.15) is 51.9 Å². The molecule has 0 aromatic heterocycles. The van der Waals surface area contributed by atoms with Gasteiger partial charge in [-0.05, 0) is 30.9 Å². The molecule has 4 aliphatic rings. The summed E-state index contributed by atoms with van der Waals surface area (Å²) in [4.78, 5) is 0. The minimum atomic E-state index is -1.27. The molecule has 1 saturated heterocycles. The predicted molar refractivity (Wildman–Crippen MR) is 109 cm³/mol. The lowest BCUT2D eigenvalue weighted by Crippen LogP contribution is -2.72. The molecule has 0 amide bonds. The summed E-state index contributed by atoms with van der Waals surface area (Å²) in [5, 5.41) is 23.6. The van der Waals surface area contributed by atoms with Gasteiger partial charge < -0.3 is 29.2 Å². The molecule has 2 N–H and O–H groups in total. The van der Waals surface area contributed by atoms with E-state index in [2.05, 4.69) is 6.92 Å². The Morgan fingerprint density at radius 3 is 2.47 bits per heavy atom. The molecule has 2 heterocycles. The molecule has 2 aliphatic heterocycles. The van der Waals surface area contributed by atoms with Crippen molar-refractivity contribution in [2.45, 2.75) is 69.9 Å². The maximum absolute atomic E-state index is 12.5. The average Bonchev–Trinajstić information content (AvgIpc) is 3.14. The van der Waals surface area contributed by atoms with Gasteiger partial charge in [-0.15, -0.1) is 0 Å². The normalized spacial score (nSPS) is 43.2. The molecule has 30 heavy (non-hydrogen) atoms. The highest BCUT2D eigenvalue weighted by Crippen LogP contribution is 2.62. The minimum absolute atomic E-state index is 0.332. The van der Waals surface area contributed by atoms with Crippen molar-refractivity contribution in [2.24, 2.45) is 11.3 Å². The first-order valence-corrected chi connectivity index (χ1v) is 11.0. The molecule has 1 unspecified atom stereocenters. The maximum Gasteiger partial charge on any atom is 0.185 e. The zero-order chi connectivity index (χ0) is 21.1. The lowest BCUT2D eigenvalue weighted by atomic mass is 9.49. The fraction of sp³-hybridized carbons (Fsp3) is 0.667. The van der Waals surface area contributed by atoms with E-state index in [9.17, 15) is 10.2 Å². The molecular formula is C24H32O6. The van der Waals surface area contributed by atoms with E-state index in [0.29, 0.717) is 39.1 Å². The predicted octanol–water partition coefficient (Wildman–Crippen LogP) is 3.09. The molecule has 6 heteroatoms. The van der Waals surface area contributed by atoms with E-state index in [4.69, 9.17) is 18.9 Å². The van der Waals surface area contributed by atoms with Crippen LogP contribution >= 0.6 is 0 Å². The Hall–Kier alpha value is -1.28. The Bertz CT molecular complexity index is 831. The number of hydrogen-bond donors (Lipinski definition) is 2. The van der Waals surface area contributed by atoms with Crippen LogP contribution < -0.4 is 0 Å². The number of hydrogen-bond acceptors (Lipinski definition) is 6. The molecule has 2 aliphatic carbocycles. The smallest absolute Gasteiger partial charge is 0.185 e. The first-order valence-electron chi connectivity index (χ1n) is 11.0.